The van der Waals surface area contributed by atoms with E-state index in [9.17, 15) is 0 Å². The molecule has 0 radical (unpaired) electrons. The summed E-state index contributed by atoms with van der Waals surface area (Å²) in [5, 5.41) is 14.0. The van der Waals surface area contributed by atoms with Gasteiger partial charge in [-0.3, -0.25) is 9.13 Å². The molecular formula is C56H42N6. The maximum Gasteiger partial charge on any atom is 0.137 e. The zero-order chi connectivity index (χ0) is 40.5. The third kappa shape index (κ3) is 4.92. The average Bonchev–Trinajstić information content (AvgIpc) is 3.85. The Morgan fingerprint density at radius 2 is 1.37 bits per heavy atom. The number of aromatic nitrogens is 4. The largest absolute Gasteiger partial charge is 0.378 e. The molecule has 3 aliphatic carbocycles. The van der Waals surface area contributed by atoms with Crippen LogP contribution in [0, 0.1) is 5.92 Å². The monoisotopic (exact) mass is 798 g/mol. The fraction of sp³-hybridized carbons (Fsp3) is 0.143. The molecule has 6 heterocycles. The van der Waals surface area contributed by atoms with Crippen molar-refractivity contribution in [2.45, 2.75) is 38.1 Å². The van der Waals surface area contributed by atoms with Gasteiger partial charge in [0.25, 0.3) is 0 Å². The minimum Gasteiger partial charge on any atom is -0.378 e. The number of benzene rings is 5. The SMILES string of the molecule is C1=CCNC(n2c3ccc(-c4ccc5ccccc5n4)cc3c3cc4c5c(c32)CCc2cc3c6cc(C7=CCC8C=CC=CC8N7)ccc6n(-c6ccccn6)c3c(c2-5)CC4)=C1. The molecule has 0 spiro atoms. The molecule has 0 bridgehead atoms. The summed E-state index contributed by atoms with van der Waals surface area (Å²) in [6, 6.07) is 38.5. The summed E-state index contributed by atoms with van der Waals surface area (Å²) in [7, 11) is 0. The summed E-state index contributed by atoms with van der Waals surface area (Å²) in [5.74, 6) is 2.59. The van der Waals surface area contributed by atoms with Crippen molar-refractivity contribution in [1.82, 2.24) is 29.7 Å². The molecule has 62 heavy (non-hydrogen) atoms. The molecule has 296 valence electrons. The zero-order valence-corrected chi connectivity index (χ0v) is 34.2. The fourth-order valence-electron chi connectivity index (χ4n) is 11.5. The van der Waals surface area contributed by atoms with Gasteiger partial charge >= 0.3 is 0 Å². The lowest BCUT2D eigenvalue weighted by atomic mass is 9.74. The van der Waals surface area contributed by atoms with E-state index in [2.05, 4.69) is 165 Å². The van der Waals surface area contributed by atoms with Gasteiger partial charge in [-0.2, -0.15) is 0 Å². The molecule has 9 aromatic rings. The van der Waals surface area contributed by atoms with Crippen molar-refractivity contribution in [3.05, 3.63) is 186 Å². The Labute approximate surface area is 358 Å². The number of pyridine rings is 2. The van der Waals surface area contributed by atoms with Crippen molar-refractivity contribution >= 4 is 66.0 Å². The number of aryl methyl sites for hydroxylation is 4. The summed E-state index contributed by atoms with van der Waals surface area (Å²) < 4.78 is 4.97. The van der Waals surface area contributed by atoms with Crippen LogP contribution in [-0.4, -0.2) is 31.7 Å². The predicted octanol–water partition coefficient (Wildman–Crippen LogP) is 11.8. The van der Waals surface area contributed by atoms with Crippen LogP contribution in [0.25, 0.3) is 94.2 Å². The first-order valence-corrected chi connectivity index (χ1v) is 22.2. The van der Waals surface area contributed by atoms with Gasteiger partial charge in [0.05, 0.1) is 39.3 Å². The number of dihydropyridines is 1. The number of fused-ring (bicyclic) bond motifs is 10. The fourth-order valence-corrected chi connectivity index (χ4v) is 11.5. The Bertz CT molecular complexity index is 3590. The quantitative estimate of drug-likeness (QED) is 0.186. The Hall–Kier alpha value is -7.44. The lowest BCUT2D eigenvalue weighted by molar-refractivity contribution is 0.509. The van der Waals surface area contributed by atoms with Gasteiger partial charge in [0.15, 0.2) is 0 Å². The normalized spacial score (nSPS) is 18.5. The third-order valence-corrected chi connectivity index (χ3v) is 14.3. The van der Waals surface area contributed by atoms with E-state index in [0.717, 1.165) is 72.4 Å². The summed E-state index contributed by atoms with van der Waals surface area (Å²) in [6.07, 6.45) is 24.9. The number of hydrogen-bond acceptors (Lipinski definition) is 4. The summed E-state index contributed by atoms with van der Waals surface area (Å²) >= 11 is 0. The Morgan fingerprint density at radius 3 is 2.16 bits per heavy atom. The highest BCUT2D eigenvalue weighted by Gasteiger charge is 2.34. The summed E-state index contributed by atoms with van der Waals surface area (Å²) in [6.45, 7) is 0.806. The minimum atomic E-state index is 0.326. The highest BCUT2D eigenvalue weighted by Crippen LogP contribution is 2.51. The standard InChI is InChI=1S/C56H42N6/c1-3-11-45-33(9-1)17-23-47(59-45)35-19-25-49-41(29-35)43-31-37-15-22-40-54-38(16-21-39(53(37)54)55(43)61(49)51-13-5-7-27-57-51)32-44-42-30-36(48-24-18-34-10-2-4-12-46(34)60-48)20-26-50(42)62(56(40)44)52-14-6-8-28-58-52/h1-14,17,19-20,23-26,28-32,34,46,57,60H,15-16,18,21-22,27H2. The molecule has 0 saturated heterocycles. The third-order valence-electron chi connectivity index (χ3n) is 14.3. The second kappa shape index (κ2) is 13.0. The van der Waals surface area contributed by atoms with E-state index in [0.29, 0.717) is 12.0 Å². The molecule has 6 heteroatoms. The van der Waals surface area contributed by atoms with E-state index < -0.39 is 0 Å². The highest BCUT2D eigenvalue weighted by atomic mass is 15.1. The van der Waals surface area contributed by atoms with E-state index in [4.69, 9.17) is 9.97 Å². The molecule has 5 aliphatic rings. The van der Waals surface area contributed by atoms with Crippen LogP contribution in [0.1, 0.15) is 34.2 Å². The first-order chi connectivity index (χ1) is 30.7. The molecule has 2 N–H and O–H groups in total. The summed E-state index contributed by atoms with van der Waals surface area (Å²) in [5.41, 5.74) is 19.4. The van der Waals surface area contributed by atoms with E-state index in [1.165, 1.54) is 88.3 Å². The lowest BCUT2D eigenvalue weighted by Crippen LogP contribution is -2.36. The molecule has 2 unspecified atom stereocenters. The van der Waals surface area contributed by atoms with Gasteiger partial charge in [-0.15, -0.1) is 0 Å². The molecule has 14 rings (SSSR count). The van der Waals surface area contributed by atoms with Crippen molar-refractivity contribution < 1.29 is 0 Å². The van der Waals surface area contributed by atoms with Crippen LogP contribution in [0.5, 0.6) is 0 Å². The van der Waals surface area contributed by atoms with Crippen LogP contribution in [-0.2, 0) is 25.7 Å². The Kier molecular flexibility index (Phi) is 7.21. The first kappa shape index (κ1) is 34.3. The van der Waals surface area contributed by atoms with Gasteiger partial charge in [-0.25, -0.2) is 9.97 Å². The maximum atomic E-state index is 5.12. The van der Waals surface area contributed by atoms with E-state index >= 15 is 0 Å². The van der Waals surface area contributed by atoms with E-state index in [1.54, 1.807) is 0 Å². The van der Waals surface area contributed by atoms with Crippen molar-refractivity contribution in [3.8, 4) is 28.2 Å². The molecule has 6 nitrogen and oxygen atoms in total. The lowest BCUT2D eigenvalue weighted by Gasteiger charge is -2.31. The van der Waals surface area contributed by atoms with Crippen LogP contribution in [0.15, 0.2) is 158 Å². The number of hydrogen-bond donors (Lipinski definition) is 2. The Balaban J connectivity index is 1.01. The van der Waals surface area contributed by atoms with Crippen molar-refractivity contribution in [2.24, 2.45) is 5.92 Å². The van der Waals surface area contributed by atoms with Crippen molar-refractivity contribution in [1.29, 1.82) is 0 Å². The Morgan fingerprint density at radius 1 is 0.629 bits per heavy atom. The van der Waals surface area contributed by atoms with Gasteiger partial charge in [-0.1, -0.05) is 85.0 Å². The van der Waals surface area contributed by atoms with Crippen molar-refractivity contribution in [3.63, 3.8) is 0 Å². The predicted molar refractivity (Wildman–Crippen MR) is 255 cm³/mol. The second-order valence-corrected chi connectivity index (χ2v) is 17.6. The number of nitrogens with one attached hydrogen (secondary N) is 2. The van der Waals surface area contributed by atoms with Crippen molar-refractivity contribution in [2.75, 3.05) is 6.54 Å². The van der Waals surface area contributed by atoms with Gasteiger partial charge < -0.3 is 10.6 Å². The van der Waals surface area contributed by atoms with Crippen LogP contribution >= 0.6 is 0 Å². The van der Waals surface area contributed by atoms with Crippen LogP contribution in [0.4, 0.5) is 0 Å². The zero-order valence-electron chi connectivity index (χ0n) is 34.2. The van der Waals surface area contributed by atoms with E-state index in [-0.39, 0.29) is 0 Å². The number of rotatable bonds is 4. The molecule has 0 amide bonds. The molecule has 0 saturated carbocycles. The van der Waals surface area contributed by atoms with Gasteiger partial charge in [0.2, 0.25) is 0 Å². The summed E-state index contributed by atoms with van der Waals surface area (Å²) in [4.78, 5) is 10.1. The second-order valence-electron chi connectivity index (χ2n) is 17.6. The number of para-hydroxylation sites is 1. The van der Waals surface area contributed by atoms with Crippen LogP contribution in [0.3, 0.4) is 0 Å². The molecule has 2 atom stereocenters. The minimum absolute atomic E-state index is 0.326. The maximum absolute atomic E-state index is 5.12. The van der Waals surface area contributed by atoms with E-state index in [1.807, 2.05) is 12.3 Å². The highest BCUT2D eigenvalue weighted by molar-refractivity contribution is 6.17. The van der Waals surface area contributed by atoms with Crippen LogP contribution < -0.4 is 10.6 Å². The molecule has 4 aromatic heterocycles. The average molecular weight is 799 g/mol. The molecule has 2 aliphatic heterocycles. The number of nitrogens with zero attached hydrogens (tertiary/aromatic N) is 4. The topological polar surface area (TPSA) is 59.7 Å². The molecular weight excluding hydrogens is 757 g/mol. The smallest absolute Gasteiger partial charge is 0.137 e. The van der Waals surface area contributed by atoms with Gasteiger partial charge in [-0.05, 0) is 138 Å². The molecule has 0 fully saturated rings. The number of allylic oxidation sites excluding steroid dienone is 5. The van der Waals surface area contributed by atoms with Crippen LogP contribution in [0.2, 0.25) is 0 Å². The first-order valence-electron chi connectivity index (χ1n) is 22.2. The molecule has 5 aromatic carbocycles. The van der Waals surface area contributed by atoms with Gasteiger partial charge in [0.1, 0.15) is 11.6 Å². The van der Waals surface area contributed by atoms with Gasteiger partial charge in [0, 0.05) is 56.9 Å².